The molecule has 0 amide bonds. The van der Waals surface area contributed by atoms with E-state index in [9.17, 15) is 0 Å². The third-order valence-electron chi connectivity index (χ3n) is 4.57. The minimum absolute atomic E-state index is 0.906. The molecule has 0 radical (unpaired) electrons. The van der Waals surface area contributed by atoms with Crippen LogP contribution >= 0.6 is 0 Å². The molecule has 4 aromatic carbocycles. The van der Waals surface area contributed by atoms with Crippen LogP contribution in [0.25, 0.3) is 43.6 Å². The summed E-state index contributed by atoms with van der Waals surface area (Å²) in [6, 6.07) is 23.8. The van der Waals surface area contributed by atoms with Gasteiger partial charge in [0.25, 0.3) is 0 Å². The van der Waals surface area contributed by atoms with Crippen molar-refractivity contribution in [2.24, 2.45) is 0 Å². The van der Waals surface area contributed by atoms with Crippen molar-refractivity contribution in [2.45, 2.75) is 0 Å². The summed E-state index contributed by atoms with van der Waals surface area (Å²) in [6.45, 7) is 0. The van der Waals surface area contributed by atoms with Crippen LogP contribution in [0.4, 0.5) is 0 Å². The van der Waals surface area contributed by atoms with Gasteiger partial charge in [-0.3, -0.25) is 9.97 Å². The number of nitrogens with zero attached hydrogens (tertiary/aromatic N) is 2. The quantitative estimate of drug-likeness (QED) is 0.297. The molecule has 112 valence electrons. The van der Waals surface area contributed by atoms with Crippen molar-refractivity contribution in [3.8, 4) is 11.3 Å². The summed E-state index contributed by atoms with van der Waals surface area (Å²) < 4.78 is 0. The van der Waals surface area contributed by atoms with E-state index in [1.165, 1.54) is 32.3 Å². The number of fused-ring (bicyclic) bond motifs is 4. The van der Waals surface area contributed by atoms with Crippen LogP contribution in [0.2, 0.25) is 0 Å². The Balaban J connectivity index is 1.97. The van der Waals surface area contributed by atoms with Crippen molar-refractivity contribution in [3.05, 3.63) is 85.3 Å². The highest BCUT2D eigenvalue weighted by Crippen LogP contribution is 2.35. The zero-order valence-corrected chi connectivity index (χ0v) is 13.0. The number of benzene rings is 4. The van der Waals surface area contributed by atoms with E-state index >= 15 is 0 Å². The normalized spacial score (nSPS) is 11.3. The summed E-state index contributed by atoms with van der Waals surface area (Å²) >= 11 is 0. The molecule has 5 aromatic rings. The van der Waals surface area contributed by atoms with E-state index in [0.717, 1.165) is 11.3 Å². The first-order chi connectivity index (χ1) is 11.9. The molecule has 0 spiro atoms. The molecule has 2 nitrogen and oxygen atoms in total. The molecule has 1 aromatic heterocycles. The van der Waals surface area contributed by atoms with Gasteiger partial charge in [-0.2, -0.15) is 0 Å². The van der Waals surface area contributed by atoms with Crippen molar-refractivity contribution < 1.29 is 0 Å². The maximum atomic E-state index is 4.51. The minimum Gasteiger partial charge on any atom is -0.261 e. The van der Waals surface area contributed by atoms with Crippen molar-refractivity contribution in [1.82, 2.24) is 9.97 Å². The average molecular weight is 306 g/mol. The van der Waals surface area contributed by atoms with Gasteiger partial charge >= 0.3 is 0 Å². The molecule has 0 atom stereocenters. The Morgan fingerprint density at radius 2 is 1.42 bits per heavy atom. The lowest BCUT2D eigenvalue weighted by atomic mass is 9.94. The molecule has 0 aliphatic heterocycles. The van der Waals surface area contributed by atoms with Crippen LogP contribution in [-0.2, 0) is 0 Å². The largest absolute Gasteiger partial charge is 0.261 e. The zero-order valence-electron chi connectivity index (χ0n) is 13.0. The molecule has 0 aliphatic carbocycles. The van der Waals surface area contributed by atoms with Crippen LogP contribution in [0, 0.1) is 0 Å². The van der Waals surface area contributed by atoms with Gasteiger partial charge in [-0.15, -0.1) is 0 Å². The molecule has 0 bridgehead atoms. The van der Waals surface area contributed by atoms with Crippen LogP contribution in [0.15, 0.2) is 85.3 Å². The summed E-state index contributed by atoms with van der Waals surface area (Å²) in [5, 5.41) is 7.49. The highest BCUT2D eigenvalue weighted by molar-refractivity contribution is 6.16. The average Bonchev–Trinajstić information content (AvgIpc) is 2.66. The van der Waals surface area contributed by atoms with Gasteiger partial charge in [-0.05, 0) is 44.5 Å². The first-order valence-corrected chi connectivity index (χ1v) is 8.01. The third-order valence-corrected chi connectivity index (χ3v) is 4.57. The van der Waals surface area contributed by atoms with Gasteiger partial charge in [0.05, 0.1) is 11.9 Å². The number of hydrogen-bond acceptors (Lipinski definition) is 2. The lowest BCUT2D eigenvalue weighted by molar-refractivity contribution is 1.21. The Hall–Kier alpha value is -3.26. The van der Waals surface area contributed by atoms with E-state index in [2.05, 4.69) is 76.7 Å². The Bertz CT molecular complexity index is 1190. The van der Waals surface area contributed by atoms with E-state index < -0.39 is 0 Å². The van der Waals surface area contributed by atoms with Crippen LogP contribution in [0.3, 0.4) is 0 Å². The minimum atomic E-state index is 0.906. The Kier molecular flexibility index (Phi) is 2.83. The van der Waals surface area contributed by atoms with Crippen molar-refractivity contribution >= 4 is 32.3 Å². The lowest BCUT2D eigenvalue weighted by Crippen LogP contribution is -1.88. The third kappa shape index (κ3) is 1.97. The maximum absolute atomic E-state index is 4.51. The second kappa shape index (κ2) is 5.14. The summed E-state index contributed by atoms with van der Waals surface area (Å²) in [4.78, 5) is 8.74. The van der Waals surface area contributed by atoms with Gasteiger partial charge < -0.3 is 0 Å². The van der Waals surface area contributed by atoms with Gasteiger partial charge in [0.1, 0.15) is 0 Å². The van der Waals surface area contributed by atoms with E-state index in [1.807, 2.05) is 6.20 Å². The smallest absolute Gasteiger partial charge is 0.0891 e. The highest BCUT2D eigenvalue weighted by Gasteiger charge is 2.09. The van der Waals surface area contributed by atoms with E-state index in [-0.39, 0.29) is 0 Å². The topological polar surface area (TPSA) is 25.8 Å². The highest BCUT2D eigenvalue weighted by atomic mass is 14.8. The maximum Gasteiger partial charge on any atom is 0.0891 e. The van der Waals surface area contributed by atoms with Crippen LogP contribution < -0.4 is 0 Å². The first kappa shape index (κ1) is 13.2. The molecule has 0 saturated carbocycles. The van der Waals surface area contributed by atoms with Crippen molar-refractivity contribution in [3.63, 3.8) is 0 Å². The van der Waals surface area contributed by atoms with Crippen LogP contribution in [-0.4, -0.2) is 9.97 Å². The Morgan fingerprint density at radius 1 is 0.625 bits per heavy atom. The molecule has 1 heterocycles. The van der Waals surface area contributed by atoms with E-state index in [4.69, 9.17) is 0 Å². The second-order valence-electron chi connectivity index (χ2n) is 5.98. The predicted molar refractivity (Wildman–Crippen MR) is 100.0 cm³/mol. The molecule has 0 unspecified atom stereocenters. The fourth-order valence-electron chi connectivity index (χ4n) is 3.45. The summed E-state index contributed by atoms with van der Waals surface area (Å²) in [5.41, 5.74) is 2.03. The van der Waals surface area contributed by atoms with Gasteiger partial charge in [-0.1, -0.05) is 54.6 Å². The van der Waals surface area contributed by atoms with Crippen molar-refractivity contribution in [1.29, 1.82) is 0 Å². The van der Waals surface area contributed by atoms with E-state index in [1.54, 1.807) is 12.4 Å². The summed E-state index contributed by atoms with van der Waals surface area (Å²) in [5.74, 6) is 0. The molecule has 0 saturated heterocycles. The molecule has 0 aliphatic rings. The first-order valence-electron chi connectivity index (χ1n) is 8.01. The second-order valence-corrected chi connectivity index (χ2v) is 5.98. The van der Waals surface area contributed by atoms with Gasteiger partial charge in [-0.25, -0.2) is 0 Å². The SMILES string of the molecule is c1ccc2cc3c(ccc4cccc(-c5cnccn5)c43)cc2c1. The van der Waals surface area contributed by atoms with Gasteiger partial charge in [0.15, 0.2) is 0 Å². The number of hydrogen-bond donors (Lipinski definition) is 0. The molecule has 0 fully saturated rings. The fourth-order valence-corrected chi connectivity index (χ4v) is 3.45. The number of aromatic nitrogens is 2. The lowest BCUT2D eigenvalue weighted by Gasteiger charge is -2.10. The van der Waals surface area contributed by atoms with Crippen LogP contribution in [0.5, 0.6) is 0 Å². The molecule has 24 heavy (non-hydrogen) atoms. The summed E-state index contributed by atoms with van der Waals surface area (Å²) in [6.07, 6.45) is 5.28. The van der Waals surface area contributed by atoms with Crippen molar-refractivity contribution in [2.75, 3.05) is 0 Å². The predicted octanol–water partition coefficient (Wildman–Crippen LogP) is 5.60. The van der Waals surface area contributed by atoms with Gasteiger partial charge in [0, 0.05) is 18.0 Å². The Morgan fingerprint density at radius 3 is 2.25 bits per heavy atom. The monoisotopic (exact) mass is 306 g/mol. The molecule has 5 rings (SSSR count). The van der Waals surface area contributed by atoms with E-state index in [0.29, 0.717) is 0 Å². The standard InChI is InChI=1S/C22H14N2/c1-2-5-17-13-20-18(12-16(17)4-1)9-8-15-6-3-7-19(22(15)20)21-14-23-10-11-24-21/h1-14H. The fraction of sp³-hybridized carbons (Fsp3) is 0. The van der Waals surface area contributed by atoms with Crippen LogP contribution in [0.1, 0.15) is 0 Å². The van der Waals surface area contributed by atoms with Gasteiger partial charge in [0.2, 0.25) is 0 Å². The molecular formula is C22H14N2. The number of rotatable bonds is 1. The molecule has 2 heteroatoms. The molecular weight excluding hydrogens is 292 g/mol. The molecule has 0 N–H and O–H groups in total. The zero-order chi connectivity index (χ0) is 15.9. The Labute approximate surface area is 139 Å². The summed E-state index contributed by atoms with van der Waals surface area (Å²) in [7, 11) is 0.